The number of rotatable bonds is 9. The fourth-order valence-corrected chi connectivity index (χ4v) is 4.76. The van der Waals surface area contributed by atoms with E-state index >= 15 is 0 Å². The number of likely N-dealkylation sites (tertiary alicyclic amines) is 1. The number of nitro benzene ring substituents is 2. The molecule has 14 heteroatoms. The Kier molecular flexibility index (Phi) is 7.90. The Labute approximate surface area is 220 Å². The van der Waals surface area contributed by atoms with E-state index in [1.165, 1.54) is 18.2 Å². The third-order valence-corrected chi connectivity index (χ3v) is 6.67. The zero-order chi connectivity index (χ0) is 27.4. The van der Waals surface area contributed by atoms with Gasteiger partial charge >= 0.3 is 5.69 Å². The summed E-state index contributed by atoms with van der Waals surface area (Å²) in [6.07, 6.45) is 3.27. The van der Waals surface area contributed by atoms with Crippen LogP contribution in [0.3, 0.4) is 0 Å². The first-order chi connectivity index (χ1) is 18.2. The second kappa shape index (κ2) is 11.3. The number of ether oxygens (including phenoxy) is 2. The maximum absolute atomic E-state index is 12.8. The molecule has 0 unspecified atom stereocenters. The molecule has 2 saturated heterocycles. The van der Waals surface area contributed by atoms with Gasteiger partial charge in [-0.2, -0.15) is 0 Å². The van der Waals surface area contributed by atoms with Crippen LogP contribution in [0.25, 0.3) is 6.08 Å². The Morgan fingerprint density at radius 2 is 1.74 bits per heavy atom. The number of thioether (sulfide) groups is 1. The number of non-ortho nitro benzene ring substituents is 1. The minimum absolute atomic E-state index is 0.102. The third kappa shape index (κ3) is 5.75. The Morgan fingerprint density at radius 3 is 2.39 bits per heavy atom. The lowest BCUT2D eigenvalue weighted by Gasteiger charge is -2.18. The summed E-state index contributed by atoms with van der Waals surface area (Å²) in [6.45, 7) is 2.85. The van der Waals surface area contributed by atoms with E-state index < -0.39 is 32.4 Å². The number of imide groups is 1. The highest BCUT2D eigenvalue weighted by atomic mass is 32.2. The summed E-state index contributed by atoms with van der Waals surface area (Å²) in [5.74, 6) is -0.778. The van der Waals surface area contributed by atoms with E-state index in [0.29, 0.717) is 18.7 Å². The Hall–Kier alpha value is -4.46. The Balaban J connectivity index is 1.56. The minimum atomic E-state index is -0.790. The standard InChI is InChI=1S/C24H22N4O9S/c1-2-36-20-11-15(5-7-19(20)37-18-8-6-16(27(32)33)13-17(18)28(34)35)12-21-23(30)26(24(31)38-21)14-22(29)25-9-3-4-10-25/h5-8,11-13H,2-4,9-10,14H2,1H3/b21-12-. The van der Waals surface area contributed by atoms with E-state index in [0.717, 1.165) is 47.7 Å². The van der Waals surface area contributed by atoms with E-state index in [2.05, 4.69) is 0 Å². The zero-order valence-electron chi connectivity index (χ0n) is 20.2. The number of hydrogen-bond acceptors (Lipinski definition) is 10. The van der Waals surface area contributed by atoms with Gasteiger partial charge in [-0.3, -0.25) is 39.5 Å². The number of nitrogens with zero attached hydrogens (tertiary/aromatic N) is 4. The maximum atomic E-state index is 12.8. The molecule has 2 aliphatic rings. The molecule has 3 amide bonds. The summed E-state index contributed by atoms with van der Waals surface area (Å²) >= 11 is 0.722. The average Bonchev–Trinajstić information content (AvgIpc) is 3.51. The molecule has 0 saturated carbocycles. The maximum Gasteiger partial charge on any atom is 0.318 e. The van der Waals surface area contributed by atoms with Crippen LogP contribution < -0.4 is 9.47 Å². The first-order valence-electron chi connectivity index (χ1n) is 11.6. The van der Waals surface area contributed by atoms with Crippen molar-refractivity contribution in [2.24, 2.45) is 0 Å². The Morgan fingerprint density at radius 1 is 1.03 bits per heavy atom. The minimum Gasteiger partial charge on any atom is -0.490 e. The van der Waals surface area contributed by atoms with Gasteiger partial charge in [0, 0.05) is 19.2 Å². The number of carbonyl (C=O) groups excluding carboxylic acids is 3. The van der Waals surface area contributed by atoms with Crippen molar-refractivity contribution in [1.29, 1.82) is 0 Å². The van der Waals surface area contributed by atoms with Crippen LogP contribution in [-0.4, -0.2) is 62.9 Å². The molecule has 0 spiro atoms. The summed E-state index contributed by atoms with van der Waals surface area (Å²) in [5, 5.41) is 21.9. The molecule has 0 radical (unpaired) electrons. The molecule has 0 bridgehead atoms. The van der Waals surface area contributed by atoms with Crippen molar-refractivity contribution in [3.8, 4) is 17.2 Å². The fourth-order valence-electron chi connectivity index (χ4n) is 3.92. The molecular weight excluding hydrogens is 520 g/mol. The van der Waals surface area contributed by atoms with Gasteiger partial charge in [0.2, 0.25) is 11.7 Å². The van der Waals surface area contributed by atoms with Crippen molar-refractivity contribution >= 4 is 46.3 Å². The normalized spacial score (nSPS) is 16.3. The molecule has 2 aromatic rings. The van der Waals surface area contributed by atoms with Crippen molar-refractivity contribution < 1.29 is 33.7 Å². The smallest absolute Gasteiger partial charge is 0.318 e. The van der Waals surface area contributed by atoms with Crippen LogP contribution in [0.5, 0.6) is 17.2 Å². The van der Waals surface area contributed by atoms with Crippen LogP contribution in [0.4, 0.5) is 16.2 Å². The van der Waals surface area contributed by atoms with Crippen molar-refractivity contribution in [3.05, 3.63) is 67.1 Å². The first-order valence-corrected chi connectivity index (χ1v) is 12.4. The SMILES string of the molecule is CCOc1cc(/C=C2\SC(=O)N(CC(=O)N3CCCC3)C2=O)ccc1Oc1ccc([N+](=O)[O-])cc1[N+](=O)[O-]. The molecule has 0 aliphatic carbocycles. The quantitative estimate of drug-likeness (QED) is 0.253. The van der Waals surface area contributed by atoms with Gasteiger partial charge in [0.25, 0.3) is 16.8 Å². The van der Waals surface area contributed by atoms with Gasteiger partial charge < -0.3 is 14.4 Å². The third-order valence-electron chi connectivity index (χ3n) is 5.76. The van der Waals surface area contributed by atoms with Crippen LogP contribution in [0.15, 0.2) is 41.3 Å². The summed E-state index contributed by atoms with van der Waals surface area (Å²) in [4.78, 5) is 61.3. The fraction of sp³-hybridized carbons (Fsp3) is 0.292. The lowest BCUT2D eigenvalue weighted by molar-refractivity contribution is -0.394. The molecule has 0 N–H and O–H groups in total. The zero-order valence-corrected chi connectivity index (χ0v) is 21.0. The van der Waals surface area contributed by atoms with Gasteiger partial charge in [-0.05, 0) is 61.4 Å². The number of nitro groups is 2. The van der Waals surface area contributed by atoms with Crippen LogP contribution in [-0.2, 0) is 9.59 Å². The number of amides is 3. The number of hydrogen-bond donors (Lipinski definition) is 0. The van der Waals surface area contributed by atoms with E-state index in [1.807, 2.05) is 0 Å². The summed E-state index contributed by atoms with van der Waals surface area (Å²) in [7, 11) is 0. The number of carbonyl (C=O) groups is 3. The molecule has 13 nitrogen and oxygen atoms in total. The highest BCUT2D eigenvalue weighted by molar-refractivity contribution is 8.18. The molecule has 198 valence electrons. The van der Waals surface area contributed by atoms with Crippen molar-refractivity contribution in [2.45, 2.75) is 19.8 Å². The number of benzene rings is 2. The van der Waals surface area contributed by atoms with Gasteiger partial charge in [0.05, 0.1) is 27.4 Å². The topological polar surface area (TPSA) is 162 Å². The van der Waals surface area contributed by atoms with Gasteiger partial charge in [0.1, 0.15) is 6.54 Å². The molecule has 4 rings (SSSR count). The lowest BCUT2D eigenvalue weighted by Crippen LogP contribution is -2.40. The molecule has 2 fully saturated rings. The predicted octanol–water partition coefficient (Wildman–Crippen LogP) is 4.35. The van der Waals surface area contributed by atoms with Crippen LogP contribution in [0.2, 0.25) is 0 Å². The van der Waals surface area contributed by atoms with Crippen molar-refractivity contribution in [2.75, 3.05) is 26.2 Å². The summed E-state index contributed by atoms with van der Waals surface area (Å²) < 4.78 is 11.3. The predicted molar refractivity (Wildman–Crippen MR) is 136 cm³/mol. The highest BCUT2D eigenvalue weighted by Gasteiger charge is 2.37. The van der Waals surface area contributed by atoms with Gasteiger partial charge in [-0.15, -0.1) is 0 Å². The molecule has 0 aromatic heterocycles. The van der Waals surface area contributed by atoms with Crippen LogP contribution in [0.1, 0.15) is 25.3 Å². The molecule has 0 atom stereocenters. The van der Waals surface area contributed by atoms with Crippen molar-refractivity contribution in [3.63, 3.8) is 0 Å². The average molecular weight is 543 g/mol. The van der Waals surface area contributed by atoms with E-state index in [4.69, 9.17) is 9.47 Å². The molecular formula is C24H22N4O9S. The molecule has 2 aliphatic heterocycles. The van der Waals surface area contributed by atoms with Gasteiger partial charge in [0.15, 0.2) is 11.5 Å². The van der Waals surface area contributed by atoms with Crippen LogP contribution >= 0.6 is 11.8 Å². The molecule has 2 aromatic carbocycles. The van der Waals surface area contributed by atoms with E-state index in [1.54, 1.807) is 17.9 Å². The molecule has 2 heterocycles. The monoisotopic (exact) mass is 542 g/mol. The van der Waals surface area contributed by atoms with Crippen molar-refractivity contribution in [1.82, 2.24) is 9.80 Å². The summed E-state index contributed by atoms with van der Waals surface area (Å²) in [6, 6.07) is 7.55. The first kappa shape index (κ1) is 26.6. The second-order valence-corrected chi connectivity index (χ2v) is 9.26. The highest BCUT2D eigenvalue weighted by Crippen LogP contribution is 2.39. The second-order valence-electron chi connectivity index (χ2n) is 8.26. The lowest BCUT2D eigenvalue weighted by atomic mass is 10.1. The Bertz CT molecular complexity index is 1350. The molecule has 38 heavy (non-hydrogen) atoms. The van der Waals surface area contributed by atoms with Crippen LogP contribution in [0, 0.1) is 20.2 Å². The van der Waals surface area contributed by atoms with Gasteiger partial charge in [-0.1, -0.05) is 6.07 Å². The largest absolute Gasteiger partial charge is 0.490 e. The van der Waals surface area contributed by atoms with Gasteiger partial charge in [-0.25, -0.2) is 0 Å². The van der Waals surface area contributed by atoms with E-state index in [-0.39, 0.29) is 41.2 Å². The summed E-state index contributed by atoms with van der Waals surface area (Å²) in [5.41, 5.74) is -0.571. The van der Waals surface area contributed by atoms with E-state index in [9.17, 15) is 34.6 Å².